The van der Waals surface area contributed by atoms with Gasteiger partial charge in [-0.3, -0.25) is 0 Å². The van der Waals surface area contributed by atoms with E-state index in [4.69, 9.17) is 23.8 Å². The molecule has 0 amide bonds. The van der Waals surface area contributed by atoms with E-state index in [9.17, 15) is 0 Å². The number of benzene rings is 10. The number of fused-ring (bicyclic) bond motifs is 9. The van der Waals surface area contributed by atoms with Crippen molar-refractivity contribution in [3.8, 4) is 73.2 Å². The van der Waals surface area contributed by atoms with Gasteiger partial charge in [-0.15, -0.1) is 0 Å². The lowest BCUT2D eigenvalue weighted by Crippen LogP contribution is -2.01. The minimum Gasteiger partial charge on any atom is -0.456 e. The van der Waals surface area contributed by atoms with Crippen molar-refractivity contribution in [1.82, 2.24) is 19.5 Å². The highest BCUT2D eigenvalue weighted by atomic mass is 16.3. The first kappa shape index (κ1) is 38.8. The smallest absolute Gasteiger partial charge is 0.164 e. The fourth-order valence-electron chi connectivity index (χ4n) is 10.3. The summed E-state index contributed by atoms with van der Waals surface area (Å²) in [4.78, 5) is 15.8. The van der Waals surface area contributed by atoms with Gasteiger partial charge in [0.2, 0.25) is 0 Å². The fraction of sp³-hybridized carbons (Fsp3) is 0. The van der Waals surface area contributed by atoms with Crippen LogP contribution in [0.15, 0.2) is 239 Å². The van der Waals surface area contributed by atoms with Crippen molar-refractivity contribution in [1.29, 1.82) is 0 Å². The molecular weight excluding hydrogens is 845 g/mol. The lowest BCUT2D eigenvalue weighted by molar-refractivity contribution is 0.669. The molecule has 4 heterocycles. The van der Waals surface area contributed by atoms with E-state index in [1.54, 1.807) is 0 Å². The van der Waals surface area contributed by atoms with E-state index in [2.05, 4.69) is 174 Å². The number of para-hydroxylation sites is 3. The van der Waals surface area contributed by atoms with Crippen molar-refractivity contribution in [3.05, 3.63) is 231 Å². The van der Waals surface area contributed by atoms with Crippen LogP contribution in [0.3, 0.4) is 0 Å². The summed E-state index contributed by atoms with van der Waals surface area (Å²) in [5.74, 6) is 1.71. The fourth-order valence-corrected chi connectivity index (χ4v) is 10.3. The topological polar surface area (TPSA) is 69.9 Å². The molecule has 6 heteroatoms. The van der Waals surface area contributed by atoms with Gasteiger partial charge in [0, 0.05) is 49.2 Å². The summed E-state index contributed by atoms with van der Waals surface area (Å²) in [7, 11) is 0. The van der Waals surface area contributed by atoms with E-state index < -0.39 is 0 Å². The van der Waals surface area contributed by atoms with Crippen LogP contribution in [0.2, 0.25) is 0 Å². The van der Waals surface area contributed by atoms with Gasteiger partial charge in [-0.05, 0) is 82.4 Å². The van der Waals surface area contributed by atoms with Crippen molar-refractivity contribution in [3.63, 3.8) is 0 Å². The third-order valence-corrected chi connectivity index (χ3v) is 13.5. The van der Waals surface area contributed by atoms with Crippen molar-refractivity contribution in [2.75, 3.05) is 0 Å². The van der Waals surface area contributed by atoms with Crippen molar-refractivity contribution in [2.24, 2.45) is 0 Å². The van der Waals surface area contributed by atoms with E-state index in [1.165, 1.54) is 10.9 Å². The SMILES string of the molecule is c1ccc(-c2ccc(-c3nc(-c4ccccc4)nc(-c4cc(-c5ccc6oc7ccccc7c6c5-n5c6ccccc6c6cc(-c7ccccc7)ccc65)cc5oc6ccccc6c45)n3)cc2)cc1. The molecule has 0 unspecified atom stereocenters. The third kappa shape index (κ3) is 6.38. The lowest BCUT2D eigenvalue weighted by Gasteiger charge is -2.17. The molecule has 0 aliphatic rings. The van der Waals surface area contributed by atoms with Crippen LogP contribution >= 0.6 is 0 Å². The summed E-state index contributed by atoms with van der Waals surface area (Å²) in [5, 5.41) is 6.31. The quantitative estimate of drug-likeness (QED) is 0.159. The van der Waals surface area contributed by atoms with E-state index in [1.807, 2.05) is 60.7 Å². The normalized spacial score (nSPS) is 11.8. The van der Waals surface area contributed by atoms with Gasteiger partial charge < -0.3 is 13.4 Å². The highest BCUT2D eigenvalue weighted by molar-refractivity contribution is 6.18. The molecule has 14 aromatic rings. The Morgan fingerprint density at radius 3 is 1.46 bits per heavy atom. The molecule has 0 N–H and O–H groups in total. The van der Waals surface area contributed by atoms with Crippen LogP contribution in [-0.4, -0.2) is 19.5 Å². The van der Waals surface area contributed by atoms with Crippen LogP contribution in [0.1, 0.15) is 0 Å². The van der Waals surface area contributed by atoms with Gasteiger partial charge in [-0.25, -0.2) is 15.0 Å². The second-order valence-electron chi connectivity index (χ2n) is 17.5. The molecule has 69 heavy (non-hydrogen) atoms. The predicted molar refractivity (Wildman–Crippen MR) is 281 cm³/mol. The van der Waals surface area contributed by atoms with E-state index in [0.717, 1.165) is 110 Å². The summed E-state index contributed by atoms with van der Waals surface area (Å²) in [6.45, 7) is 0. The molecule has 0 radical (unpaired) electrons. The number of aromatic nitrogens is 4. The first-order valence-electron chi connectivity index (χ1n) is 23.2. The number of hydrogen-bond donors (Lipinski definition) is 0. The van der Waals surface area contributed by atoms with Gasteiger partial charge in [0.05, 0.1) is 22.1 Å². The molecule has 0 spiro atoms. The average Bonchev–Trinajstić information content (AvgIpc) is 4.10. The molecule has 14 rings (SSSR count). The molecule has 0 aliphatic heterocycles. The minimum atomic E-state index is 0.547. The molecule has 10 aromatic carbocycles. The van der Waals surface area contributed by atoms with Crippen LogP contribution in [-0.2, 0) is 0 Å². The van der Waals surface area contributed by atoms with Gasteiger partial charge in [0.1, 0.15) is 22.3 Å². The van der Waals surface area contributed by atoms with Crippen molar-refractivity contribution in [2.45, 2.75) is 0 Å². The van der Waals surface area contributed by atoms with Gasteiger partial charge in [0.15, 0.2) is 17.5 Å². The van der Waals surface area contributed by atoms with Gasteiger partial charge in [0.25, 0.3) is 0 Å². The third-order valence-electron chi connectivity index (χ3n) is 13.5. The van der Waals surface area contributed by atoms with E-state index in [0.29, 0.717) is 17.5 Å². The number of hydrogen-bond acceptors (Lipinski definition) is 5. The Morgan fingerprint density at radius 1 is 0.275 bits per heavy atom. The molecule has 0 fully saturated rings. The summed E-state index contributed by atoms with van der Waals surface area (Å²) in [6.07, 6.45) is 0. The molecule has 0 atom stereocenters. The van der Waals surface area contributed by atoms with Gasteiger partial charge >= 0.3 is 0 Å². The van der Waals surface area contributed by atoms with E-state index >= 15 is 0 Å². The zero-order valence-electron chi connectivity index (χ0n) is 37.0. The minimum absolute atomic E-state index is 0.547. The van der Waals surface area contributed by atoms with Crippen LogP contribution in [0.25, 0.3) is 139 Å². The zero-order chi connectivity index (χ0) is 45.4. The number of nitrogens with zero attached hydrogens (tertiary/aromatic N) is 4. The molecule has 0 bridgehead atoms. The maximum absolute atomic E-state index is 6.83. The maximum atomic E-state index is 6.83. The molecule has 0 aliphatic carbocycles. The summed E-state index contributed by atoms with van der Waals surface area (Å²) < 4.78 is 15.9. The Kier molecular flexibility index (Phi) is 8.79. The highest BCUT2D eigenvalue weighted by Gasteiger charge is 2.25. The van der Waals surface area contributed by atoms with Crippen molar-refractivity contribution >= 4 is 65.7 Å². The summed E-state index contributed by atoms with van der Waals surface area (Å²) in [5.41, 5.74) is 15.5. The predicted octanol–water partition coefficient (Wildman–Crippen LogP) is 16.8. The van der Waals surface area contributed by atoms with E-state index in [-0.39, 0.29) is 0 Å². The number of furan rings is 2. The Labute approximate surface area is 396 Å². The Morgan fingerprint density at radius 2 is 0.768 bits per heavy atom. The van der Waals surface area contributed by atoms with Crippen LogP contribution < -0.4 is 0 Å². The standard InChI is InChI=1S/C63H38N4O2/c1-4-16-39(17-5-1)41-28-30-43(31-29-41)62-64-61(42-20-8-3-9-21-42)65-63(66-62)51-37-45(38-57-58(51)48-23-11-14-26-54(48)69-57)46-33-35-56-59(49-24-12-15-27-55(49)68-56)60(46)67-52-25-13-10-22-47(52)50-36-44(32-34-53(50)67)40-18-6-2-7-19-40/h1-38H. The molecule has 6 nitrogen and oxygen atoms in total. The van der Waals surface area contributed by atoms with Crippen LogP contribution in [0.5, 0.6) is 0 Å². The molecule has 0 saturated carbocycles. The first-order valence-corrected chi connectivity index (χ1v) is 23.2. The Bertz CT molecular complexity index is 4290. The average molecular weight is 883 g/mol. The van der Waals surface area contributed by atoms with Crippen LogP contribution in [0.4, 0.5) is 0 Å². The molecule has 322 valence electrons. The Hall–Kier alpha value is -9.39. The highest BCUT2D eigenvalue weighted by Crippen LogP contribution is 2.47. The second kappa shape index (κ2) is 15.6. The Balaban J connectivity index is 1.06. The number of rotatable bonds is 7. The largest absolute Gasteiger partial charge is 0.456 e. The van der Waals surface area contributed by atoms with Crippen molar-refractivity contribution < 1.29 is 8.83 Å². The molecular formula is C63H38N4O2. The van der Waals surface area contributed by atoms with Gasteiger partial charge in [-0.2, -0.15) is 0 Å². The zero-order valence-corrected chi connectivity index (χ0v) is 37.0. The molecule has 0 saturated heterocycles. The monoisotopic (exact) mass is 882 g/mol. The summed E-state index contributed by atoms with van der Waals surface area (Å²) in [6, 6.07) is 80.4. The van der Waals surface area contributed by atoms with Gasteiger partial charge in [-0.1, -0.05) is 176 Å². The maximum Gasteiger partial charge on any atom is 0.164 e. The second-order valence-corrected chi connectivity index (χ2v) is 17.5. The lowest BCUT2D eigenvalue weighted by atomic mass is 9.95. The first-order chi connectivity index (χ1) is 34.2. The molecule has 4 aromatic heterocycles. The van der Waals surface area contributed by atoms with Crippen LogP contribution in [0, 0.1) is 0 Å². The summed E-state index contributed by atoms with van der Waals surface area (Å²) >= 11 is 0.